The van der Waals surface area contributed by atoms with Crippen molar-refractivity contribution in [2.75, 3.05) is 21.3 Å². The highest BCUT2D eigenvalue weighted by molar-refractivity contribution is 6.17. The molecule has 0 radical (unpaired) electrons. The summed E-state index contributed by atoms with van der Waals surface area (Å²) in [6, 6.07) is 12.3. The lowest BCUT2D eigenvalue weighted by molar-refractivity contribution is -0.135. The van der Waals surface area contributed by atoms with Crippen LogP contribution in [0, 0.1) is 0 Å². The van der Waals surface area contributed by atoms with Crippen molar-refractivity contribution in [2.45, 2.75) is 149 Å². The number of esters is 3. The van der Waals surface area contributed by atoms with Crippen molar-refractivity contribution in [3.8, 4) is 56.9 Å². The lowest BCUT2D eigenvalue weighted by atomic mass is 9.91. The third-order valence-corrected chi connectivity index (χ3v) is 12.0. The van der Waals surface area contributed by atoms with Gasteiger partial charge in [0.25, 0.3) is 0 Å². The number of nitrogens with zero attached hydrogens (tertiary/aromatic N) is 1. The smallest absolute Gasteiger partial charge is 0.361 e. The summed E-state index contributed by atoms with van der Waals surface area (Å²) in [6.45, 7) is 6.86. The molecule has 0 saturated heterocycles. The van der Waals surface area contributed by atoms with E-state index in [4.69, 9.17) is 32.8 Å². The summed E-state index contributed by atoms with van der Waals surface area (Å²) >= 11 is 0. The zero-order chi connectivity index (χ0) is 45.6. The first-order valence-electron chi connectivity index (χ1n) is 23.4. The molecular formula is C52H65NO11. The van der Waals surface area contributed by atoms with E-state index in [1.165, 1.54) is 27.4 Å². The third-order valence-electron chi connectivity index (χ3n) is 12.0. The van der Waals surface area contributed by atoms with Gasteiger partial charge in [0.05, 0.1) is 27.0 Å². The Morgan fingerprint density at radius 3 is 1.62 bits per heavy atom. The largest absolute Gasteiger partial charge is 0.493 e. The van der Waals surface area contributed by atoms with Crippen LogP contribution in [0.25, 0.3) is 44.3 Å². The van der Waals surface area contributed by atoms with Crippen molar-refractivity contribution >= 4 is 39.8 Å². The molecule has 0 atom stereocenters. The maximum Gasteiger partial charge on any atom is 0.361 e. The summed E-state index contributed by atoms with van der Waals surface area (Å²) in [5.41, 5.74) is 3.69. The Bertz CT molecular complexity index is 2480. The number of ether oxygens (including phenoxy) is 6. The standard InChI is InChI=1S/C52H65NO11/c1-7-10-13-16-19-22-45(54)61-38-26-25-35(30-40(38)58-4)48-49-37-32-42(60-6)44(63-47(56)24-21-18-15-12-9-3)33-39(37)64-52(57)51(49)53-28-27-34-29-43(41(59-5)31-36(34)50(48)53)62-46(55)23-20-17-14-11-8-2/h25-26,29-33H,7-24,27-28H2,1-6H3. The van der Waals surface area contributed by atoms with Crippen molar-refractivity contribution < 1.29 is 47.2 Å². The Morgan fingerprint density at radius 2 is 1.08 bits per heavy atom. The molecule has 1 aliphatic heterocycles. The number of hydrogen-bond donors (Lipinski definition) is 0. The van der Waals surface area contributed by atoms with Gasteiger partial charge in [-0.15, -0.1) is 0 Å². The molecule has 0 fully saturated rings. The molecule has 12 nitrogen and oxygen atoms in total. The monoisotopic (exact) mass is 879 g/mol. The molecule has 0 amide bonds. The fourth-order valence-electron chi connectivity index (χ4n) is 8.63. The van der Waals surface area contributed by atoms with Crippen molar-refractivity contribution in [3.05, 3.63) is 58.4 Å². The van der Waals surface area contributed by atoms with E-state index in [1.54, 1.807) is 18.2 Å². The van der Waals surface area contributed by atoms with E-state index < -0.39 is 11.6 Å². The number of carbonyl (C=O) groups is 3. The van der Waals surface area contributed by atoms with Gasteiger partial charge in [0, 0.05) is 53.8 Å². The number of hydrogen-bond acceptors (Lipinski definition) is 11. The van der Waals surface area contributed by atoms with Gasteiger partial charge in [-0.2, -0.15) is 0 Å². The lowest BCUT2D eigenvalue weighted by Crippen LogP contribution is -2.15. The molecule has 344 valence electrons. The summed E-state index contributed by atoms with van der Waals surface area (Å²) in [6.07, 6.45) is 16.3. The lowest BCUT2D eigenvalue weighted by Gasteiger charge is -2.23. The fraction of sp³-hybridized carbons (Fsp3) is 0.500. The van der Waals surface area contributed by atoms with E-state index in [-0.39, 0.29) is 35.4 Å². The maximum atomic E-state index is 14.3. The summed E-state index contributed by atoms with van der Waals surface area (Å²) in [5.74, 6) is 0.711. The molecule has 0 N–H and O–H groups in total. The first-order chi connectivity index (χ1) is 31.1. The SMILES string of the molecule is CCCCCCCC(=O)Oc1ccc(-c2c3n(c4c(=O)oc5cc(OC(=O)CCCCCCC)c(OC)cc5c24)CCc2cc(OC(=O)CCCCCCC)c(OC)cc2-3)cc1OC. The van der Waals surface area contributed by atoms with Gasteiger partial charge in [-0.05, 0) is 67.1 Å². The molecule has 0 spiro atoms. The Labute approximate surface area is 376 Å². The minimum atomic E-state index is -0.579. The van der Waals surface area contributed by atoms with Crippen LogP contribution in [0.1, 0.15) is 142 Å². The number of unbranched alkanes of at least 4 members (excludes halogenated alkanes) is 12. The van der Waals surface area contributed by atoms with Gasteiger partial charge in [0.15, 0.2) is 34.5 Å². The van der Waals surface area contributed by atoms with Crippen LogP contribution in [-0.4, -0.2) is 43.8 Å². The minimum absolute atomic E-state index is 0.151. The van der Waals surface area contributed by atoms with Crippen molar-refractivity contribution in [3.63, 3.8) is 0 Å². The number of fused-ring (bicyclic) bond motifs is 7. The number of aromatic nitrogens is 1. The number of aryl methyl sites for hydroxylation is 2. The Hall–Kier alpha value is -5.78. The van der Waals surface area contributed by atoms with Crippen molar-refractivity contribution in [1.82, 2.24) is 4.57 Å². The van der Waals surface area contributed by atoms with E-state index in [0.717, 1.165) is 101 Å². The molecular weight excluding hydrogens is 815 g/mol. The molecule has 0 bridgehead atoms. The highest BCUT2D eigenvalue weighted by Crippen LogP contribution is 2.50. The molecule has 3 aromatic carbocycles. The topological polar surface area (TPSA) is 142 Å². The quantitative estimate of drug-likeness (QED) is 0.0239. The molecule has 0 unspecified atom stereocenters. The average molecular weight is 880 g/mol. The van der Waals surface area contributed by atoms with E-state index in [9.17, 15) is 19.2 Å². The van der Waals surface area contributed by atoms with Crippen LogP contribution in [-0.2, 0) is 27.3 Å². The first kappa shape index (κ1) is 47.7. The highest BCUT2D eigenvalue weighted by atomic mass is 16.6. The second-order valence-electron chi connectivity index (χ2n) is 16.7. The van der Waals surface area contributed by atoms with Gasteiger partial charge in [-0.1, -0.05) is 104 Å². The fourth-order valence-corrected chi connectivity index (χ4v) is 8.63. The molecule has 64 heavy (non-hydrogen) atoms. The number of methoxy groups -OCH3 is 3. The molecule has 0 saturated carbocycles. The second-order valence-corrected chi connectivity index (χ2v) is 16.7. The molecule has 12 heteroatoms. The maximum absolute atomic E-state index is 14.3. The normalized spacial score (nSPS) is 11.9. The molecule has 5 aromatic rings. The number of carbonyl (C=O) groups excluding carboxylic acids is 3. The first-order valence-corrected chi connectivity index (χ1v) is 23.4. The van der Waals surface area contributed by atoms with Crippen LogP contribution in [0.15, 0.2) is 51.7 Å². The van der Waals surface area contributed by atoms with Gasteiger partial charge in [-0.3, -0.25) is 14.4 Å². The molecule has 3 heterocycles. The zero-order valence-corrected chi connectivity index (χ0v) is 38.6. The summed E-state index contributed by atoms with van der Waals surface area (Å²) < 4.78 is 43.1. The van der Waals surface area contributed by atoms with Gasteiger partial charge in [0.2, 0.25) is 0 Å². The zero-order valence-electron chi connectivity index (χ0n) is 38.6. The summed E-state index contributed by atoms with van der Waals surface area (Å²) in [4.78, 5) is 53.4. The van der Waals surface area contributed by atoms with E-state index in [1.807, 2.05) is 22.8 Å². The van der Waals surface area contributed by atoms with Crippen molar-refractivity contribution in [2.24, 2.45) is 0 Å². The van der Waals surface area contributed by atoms with Gasteiger partial charge in [0.1, 0.15) is 11.1 Å². The van der Waals surface area contributed by atoms with Crippen LogP contribution in [0.2, 0.25) is 0 Å². The van der Waals surface area contributed by atoms with E-state index in [2.05, 4.69) is 20.8 Å². The Balaban J connectivity index is 1.47. The van der Waals surface area contributed by atoms with Gasteiger partial charge < -0.3 is 37.4 Å². The number of benzene rings is 3. The molecule has 6 rings (SSSR count). The summed E-state index contributed by atoms with van der Waals surface area (Å²) in [5, 5.41) is 1.14. The van der Waals surface area contributed by atoms with Gasteiger partial charge >= 0.3 is 23.5 Å². The predicted octanol–water partition coefficient (Wildman–Crippen LogP) is 12.5. The highest BCUT2D eigenvalue weighted by Gasteiger charge is 2.32. The van der Waals surface area contributed by atoms with Gasteiger partial charge in [-0.25, -0.2) is 4.79 Å². The Morgan fingerprint density at radius 1 is 0.578 bits per heavy atom. The van der Waals surface area contributed by atoms with E-state index >= 15 is 0 Å². The van der Waals surface area contributed by atoms with E-state index in [0.29, 0.717) is 88.3 Å². The Kier molecular flexibility index (Phi) is 17.3. The third kappa shape index (κ3) is 11.3. The van der Waals surface area contributed by atoms with Crippen LogP contribution >= 0.6 is 0 Å². The summed E-state index contributed by atoms with van der Waals surface area (Å²) in [7, 11) is 4.55. The second kappa shape index (κ2) is 23.2. The molecule has 0 aliphatic carbocycles. The minimum Gasteiger partial charge on any atom is -0.493 e. The molecule has 1 aliphatic rings. The average Bonchev–Trinajstić information content (AvgIpc) is 3.65. The molecule has 2 aromatic heterocycles. The van der Waals surface area contributed by atoms with Crippen LogP contribution < -0.4 is 34.0 Å². The van der Waals surface area contributed by atoms with Crippen LogP contribution in [0.5, 0.6) is 34.5 Å². The van der Waals surface area contributed by atoms with Crippen LogP contribution in [0.3, 0.4) is 0 Å². The van der Waals surface area contributed by atoms with Crippen LogP contribution in [0.4, 0.5) is 0 Å². The predicted molar refractivity (Wildman–Crippen MR) is 249 cm³/mol. The van der Waals surface area contributed by atoms with Crippen molar-refractivity contribution in [1.29, 1.82) is 0 Å². The number of rotatable bonds is 25.